The molecule has 1 aromatic heterocycles. The molecule has 4 aromatic rings. The fraction of sp³-hybridized carbons (Fsp3) is 0.233. The molecule has 1 N–H and O–H groups in total. The zero-order valence-electron chi connectivity index (χ0n) is 22.9. The van der Waals surface area contributed by atoms with Crippen molar-refractivity contribution < 1.29 is 32.1 Å². The smallest absolute Gasteiger partial charge is 0.416 e. The third-order valence-corrected chi connectivity index (χ3v) is 6.36. The summed E-state index contributed by atoms with van der Waals surface area (Å²) < 4.78 is 61.1. The van der Waals surface area contributed by atoms with Crippen LogP contribution in [0.5, 0.6) is 23.1 Å². The van der Waals surface area contributed by atoms with E-state index >= 15 is 0 Å². The van der Waals surface area contributed by atoms with Crippen molar-refractivity contribution >= 4 is 29.2 Å². The first-order valence-electron chi connectivity index (χ1n) is 13.0. The van der Waals surface area contributed by atoms with Gasteiger partial charge in [0.2, 0.25) is 11.8 Å². The van der Waals surface area contributed by atoms with Crippen LogP contribution in [0.15, 0.2) is 77.9 Å². The first-order chi connectivity index (χ1) is 20.3. The molecule has 0 bridgehead atoms. The van der Waals surface area contributed by atoms with E-state index in [1.54, 1.807) is 38.6 Å². The second-order valence-electron chi connectivity index (χ2n) is 9.18. The van der Waals surface area contributed by atoms with Gasteiger partial charge in [0.1, 0.15) is 22.9 Å². The summed E-state index contributed by atoms with van der Waals surface area (Å²) >= 11 is 0. The van der Waals surface area contributed by atoms with Gasteiger partial charge in [-0.1, -0.05) is 0 Å². The van der Waals surface area contributed by atoms with E-state index in [2.05, 4.69) is 25.2 Å². The first kappa shape index (κ1) is 28.7. The van der Waals surface area contributed by atoms with Crippen molar-refractivity contribution in [3.05, 3.63) is 84.1 Å². The fourth-order valence-corrected chi connectivity index (χ4v) is 4.16. The van der Waals surface area contributed by atoms with Crippen molar-refractivity contribution in [2.24, 2.45) is 4.99 Å². The summed E-state index contributed by atoms with van der Waals surface area (Å²) in [6, 6.07) is 17.4. The summed E-state index contributed by atoms with van der Waals surface area (Å²) in [5.74, 6) is 1.57. The quantitative estimate of drug-likeness (QED) is 0.221. The third-order valence-electron chi connectivity index (χ3n) is 6.36. The number of alkyl halides is 3. The monoisotopic (exact) mass is 579 g/mol. The Morgan fingerprint density at radius 1 is 0.905 bits per heavy atom. The average molecular weight is 580 g/mol. The second kappa shape index (κ2) is 12.8. The Bertz CT molecular complexity index is 1500. The predicted octanol–water partition coefficient (Wildman–Crippen LogP) is 6.64. The Morgan fingerprint density at radius 3 is 2.19 bits per heavy atom. The van der Waals surface area contributed by atoms with Crippen molar-refractivity contribution in [3.8, 4) is 23.1 Å². The van der Waals surface area contributed by atoms with Gasteiger partial charge >= 0.3 is 6.18 Å². The number of aliphatic imine (C=N–C) groups is 1. The minimum Gasteiger partial charge on any atom is -0.497 e. The molecule has 0 saturated carbocycles. The van der Waals surface area contributed by atoms with E-state index in [1.807, 2.05) is 24.3 Å². The van der Waals surface area contributed by atoms with Gasteiger partial charge in [-0.3, -0.25) is 0 Å². The number of anilines is 3. The molecule has 1 aliphatic heterocycles. The number of morpholine rings is 1. The Kier molecular flexibility index (Phi) is 8.72. The molecule has 1 saturated heterocycles. The predicted molar refractivity (Wildman–Crippen MR) is 153 cm³/mol. The molecule has 0 unspecified atom stereocenters. The Morgan fingerprint density at radius 2 is 1.57 bits per heavy atom. The highest BCUT2D eigenvalue weighted by Crippen LogP contribution is 2.34. The molecular weight excluding hydrogens is 551 g/mol. The van der Waals surface area contributed by atoms with Crippen molar-refractivity contribution in [2.45, 2.75) is 6.18 Å². The Balaban J connectivity index is 1.41. The van der Waals surface area contributed by atoms with Crippen molar-refractivity contribution in [1.82, 2.24) is 9.97 Å². The molecule has 0 amide bonds. The van der Waals surface area contributed by atoms with E-state index in [0.717, 1.165) is 36.6 Å². The summed E-state index contributed by atoms with van der Waals surface area (Å²) in [7, 11) is 3.09. The van der Waals surface area contributed by atoms with Crippen LogP contribution in [0.1, 0.15) is 11.1 Å². The van der Waals surface area contributed by atoms with E-state index in [-0.39, 0.29) is 23.3 Å². The van der Waals surface area contributed by atoms with Crippen LogP contribution in [0.25, 0.3) is 0 Å². The lowest BCUT2D eigenvalue weighted by Crippen LogP contribution is -2.36. The van der Waals surface area contributed by atoms with Gasteiger partial charge in [-0.25, -0.2) is 9.98 Å². The average Bonchev–Trinajstić information content (AvgIpc) is 3.01. The van der Waals surface area contributed by atoms with E-state index in [4.69, 9.17) is 18.9 Å². The molecule has 1 fully saturated rings. The number of halogens is 3. The molecule has 9 nitrogen and oxygen atoms in total. The van der Waals surface area contributed by atoms with Crippen LogP contribution in [-0.4, -0.2) is 56.7 Å². The van der Waals surface area contributed by atoms with Crippen LogP contribution in [-0.2, 0) is 10.9 Å². The van der Waals surface area contributed by atoms with Gasteiger partial charge < -0.3 is 29.2 Å². The SMILES string of the molecule is COc1cc(C=Nc2cnc(Nc3ccc(N4CCOCC4)cc3)nc2Oc2ccc(C(F)(F)F)cc2)cc(OC)c1. The van der Waals surface area contributed by atoms with Crippen molar-refractivity contribution in [1.29, 1.82) is 0 Å². The second-order valence-corrected chi connectivity index (χ2v) is 9.18. The van der Waals surface area contributed by atoms with Gasteiger partial charge in [0.05, 0.1) is 39.2 Å². The molecule has 2 heterocycles. The molecule has 3 aromatic carbocycles. The topological polar surface area (TPSA) is 90.3 Å². The molecule has 0 aliphatic carbocycles. The number of benzene rings is 3. The molecule has 1 aliphatic rings. The number of hydrogen-bond acceptors (Lipinski definition) is 9. The highest BCUT2D eigenvalue weighted by Gasteiger charge is 2.30. The number of nitrogens with one attached hydrogen (secondary N) is 1. The summed E-state index contributed by atoms with van der Waals surface area (Å²) in [4.78, 5) is 15.6. The van der Waals surface area contributed by atoms with Crippen LogP contribution in [0.2, 0.25) is 0 Å². The number of methoxy groups -OCH3 is 2. The van der Waals surface area contributed by atoms with E-state index in [1.165, 1.54) is 18.3 Å². The van der Waals surface area contributed by atoms with E-state index < -0.39 is 11.7 Å². The third kappa shape index (κ3) is 7.26. The largest absolute Gasteiger partial charge is 0.497 e. The summed E-state index contributed by atoms with van der Waals surface area (Å²) in [5, 5.41) is 3.14. The highest BCUT2D eigenvalue weighted by atomic mass is 19.4. The number of ether oxygens (including phenoxy) is 4. The zero-order chi connectivity index (χ0) is 29.5. The molecule has 0 spiro atoms. The minimum absolute atomic E-state index is 0.0447. The molecule has 5 rings (SSSR count). The summed E-state index contributed by atoms with van der Waals surface area (Å²) in [6.45, 7) is 3.03. The van der Waals surface area contributed by atoms with Crippen LogP contribution < -0.4 is 24.4 Å². The number of aromatic nitrogens is 2. The normalized spacial score (nSPS) is 13.7. The molecule has 42 heavy (non-hydrogen) atoms. The maximum Gasteiger partial charge on any atom is 0.416 e. The van der Waals surface area contributed by atoms with Crippen LogP contribution >= 0.6 is 0 Å². The molecule has 218 valence electrons. The number of rotatable bonds is 9. The first-order valence-corrected chi connectivity index (χ1v) is 13.0. The van der Waals surface area contributed by atoms with E-state index in [9.17, 15) is 13.2 Å². The van der Waals surface area contributed by atoms with Crippen LogP contribution in [0, 0.1) is 0 Å². The van der Waals surface area contributed by atoms with Gasteiger partial charge in [0.15, 0.2) is 0 Å². The van der Waals surface area contributed by atoms with Crippen LogP contribution in [0.3, 0.4) is 0 Å². The lowest BCUT2D eigenvalue weighted by Gasteiger charge is -2.28. The van der Waals surface area contributed by atoms with E-state index in [0.29, 0.717) is 30.3 Å². The maximum absolute atomic E-state index is 13.1. The molecule has 12 heteroatoms. The standard InChI is InChI=1S/C30H28F3N5O4/c1-39-25-15-20(16-26(17-25)40-2)18-34-27-19-35-29(36-22-5-7-23(8-6-22)38-11-13-41-14-12-38)37-28(27)42-24-9-3-21(4-10-24)30(31,32)33/h3-10,15-19H,11-14H2,1-2H3,(H,35,36,37). The van der Waals surface area contributed by atoms with Gasteiger partial charge in [-0.2, -0.15) is 18.2 Å². The van der Waals surface area contributed by atoms with Gasteiger partial charge in [-0.05, 0) is 60.7 Å². The Hall–Kier alpha value is -4.84. The minimum atomic E-state index is -4.46. The van der Waals surface area contributed by atoms with Gasteiger partial charge in [0.25, 0.3) is 0 Å². The summed E-state index contributed by atoms with van der Waals surface area (Å²) in [5.41, 5.74) is 1.96. The number of hydrogen-bond donors (Lipinski definition) is 1. The van der Waals surface area contributed by atoms with Crippen molar-refractivity contribution in [2.75, 3.05) is 50.7 Å². The fourth-order valence-electron chi connectivity index (χ4n) is 4.16. The number of nitrogens with zero attached hydrogens (tertiary/aromatic N) is 4. The summed E-state index contributed by atoms with van der Waals surface area (Å²) in [6.07, 6.45) is -1.44. The zero-order valence-corrected chi connectivity index (χ0v) is 22.9. The lowest BCUT2D eigenvalue weighted by atomic mass is 10.2. The molecular formula is C30H28F3N5O4. The molecule has 0 radical (unpaired) electrons. The maximum atomic E-state index is 13.1. The lowest BCUT2D eigenvalue weighted by molar-refractivity contribution is -0.137. The molecule has 0 atom stereocenters. The van der Waals surface area contributed by atoms with Gasteiger partial charge in [-0.15, -0.1) is 0 Å². The van der Waals surface area contributed by atoms with Gasteiger partial charge in [0, 0.05) is 42.3 Å². The van der Waals surface area contributed by atoms with Crippen LogP contribution in [0.4, 0.5) is 36.2 Å². The highest BCUT2D eigenvalue weighted by molar-refractivity contribution is 5.84. The Labute approximate surface area is 240 Å². The van der Waals surface area contributed by atoms with Crippen molar-refractivity contribution in [3.63, 3.8) is 0 Å².